The second kappa shape index (κ2) is 10.9. The molecule has 0 N–H and O–H groups in total. The van der Waals surface area contributed by atoms with Crippen molar-refractivity contribution in [2.24, 2.45) is 5.92 Å². The van der Waals surface area contributed by atoms with Crippen LogP contribution in [0.15, 0.2) is 36.9 Å². The van der Waals surface area contributed by atoms with E-state index in [0.29, 0.717) is 72.7 Å². The van der Waals surface area contributed by atoms with Crippen LogP contribution in [0.25, 0.3) is 27.1 Å². The van der Waals surface area contributed by atoms with E-state index in [-0.39, 0.29) is 30.0 Å². The third kappa shape index (κ3) is 4.83. The number of hydrogen-bond donors (Lipinski definition) is 0. The Hall–Kier alpha value is -3.81. The van der Waals surface area contributed by atoms with Crippen molar-refractivity contribution in [2.45, 2.75) is 55.8 Å². The molecule has 9 nitrogen and oxygen atoms in total. The lowest BCUT2D eigenvalue weighted by atomic mass is 9.95. The fourth-order valence-electron chi connectivity index (χ4n) is 8.40. The fraction of sp³-hybridized carbons (Fsp3) is 0.500. The van der Waals surface area contributed by atoms with Crippen molar-refractivity contribution in [2.75, 3.05) is 50.8 Å². The standard InChI is InChI=1S/C34H35ClFN7O2/c1-3-28(44)43-11-10-41(18-23(43)16-37-2)32-26-14-27(35)30(24-7-4-6-20-12-21-13-25(21)29(20)24)38-31(26)39-33(40-32)45-19-34-8-5-9-42(34)17-22(36)15-34/h3-4,6-7,14,21-23,25H,1,5,8-13,15-19H2/t21?,22-,23+,25?,34?/m1/s1. The Balaban J connectivity index is 1.20. The molecule has 3 saturated heterocycles. The average molecular weight is 628 g/mol. The van der Waals surface area contributed by atoms with Gasteiger partial charge in [-0.1, -0.05) is 36.4 Å². The molecule has 5 aliphatic rings. The lowest BCUT2D eigenvalue weighted by molar-refractivity contribution is -0.128. The number of amides is 1. The molecular weight excluding hydrogens is 593 g/mol. The highest BCUT2D eigenvalue weighted by Crippen LogP contribution is 2.59. The molecule has 45 heavy (non-hydrogen) atoms. The molecule has 5 heterocycles. The van der Waals surface area contributed by atoms with Gasteiger partial charge in [-0.3, -0.25) is 9.69 Å². The van der Waals surface area contributed by atoms with Crippen molar-refractivity contribution < 1.29 is 13.9 Å². The first-order chi connectivity index (χ1) is 21.9. The Labute approximate surface area is 266 Å². The molecule has 232 valence electrons. The Bertz CT molecular complexity index is 1760. The zero-order valence-electron chi connectivity index (χ0n) is 25.1. The number of piperazine rings is 1. The van der Waals surface area contributed by atoms with Crippen LogP contribution in [0.4, 0.5) is 10.2 Å². The summed E-state index contributed by atoms with van der Waals surface area (Å²) < 4.78 is 20.9. The van der Waals surface area contributed by atoms with E-state index in [2.05, 4.69) is 39.4 Å². The van der Waals surface area contributed by atoms with Gasteiger partial charge in [-0.05, 0) is 67.3 Å². The lowest BCUT2D eigenvalue weighted by Crippen LogP contribution is -2.56. The Morgan fingerprint density at radius 2 is 2.13 bits per heavy atom. The summed E-state index contributed by atoms with van der Waals surface area (Å²) in [5.74, 6) is 1.70. The molecule has 11 heteroatoms. The summed E-state index contributed by atoms with van der Waals surface area (Å²) in [5.41, 5.74) is 4.61. The zero-order valence-corrected chi connectivity index (χ0v) is 25.8. The van der Waals surface area contributed by atoms with Gasteiger partial charge in [0.25, 0.3) is 0 Å². The smallest absolute Gasteiger partial charge is 0.320 e. The van der Waals surface area contributed by atoms with Gasteiger partial charge in [-0.2, -0.15) is 9.97 Å². The molecule has 1 aromatic carbocycles. The molecule has 5 atom stereocenters. The number of nitrogens with zero attached hydrogens (tertiary/aromatic N) is 7. The highest BCUT2D eigenvalue weighted by atomic mass is 35.5. The van der Waals surface area contributed by atoms with Crippen molar-refractivity contribution in [1.29, 1.82) is 0 Å². The number of fused-ring (bicyclic) bond motifs is 5. The van der Waals surface area contributed by atoms with E-state index in [1.807, 2.05) is 6.07 Å². The monoisotopic (exact) mass is 627 g/mol. The number of halogens is 2. The van der Waals surface area contributed by atoms with Crippen molar-refractivity contribution in [1.82, 2.24) is 24.8 Å². The van der Waals surface area contributed by atoms with Crippen LogP contribution >= 0.6 is 11.6 Å². The van der Waals surface area contributed by atoms with Gasteiger partial charge in [0.05, 0.1) is 21.6 Å². The highest BCUT2D eigenvalue weighted by molar-refractivity contribution is 6.34. The van der Waals surface area contributed by atoms with Gasteiger partial charge >= 0.3 is 6.01 Å². The first-order valence-corrected chi connectivity index (χ1v) is 16.3. The Morgan fingerprint density at radius 3 is 2.98 bits per heavy atom. The quantitative estimate of drug-likeness (QED) is 0.267. The average Bonchev–Trinajstić information content (AvgIpc) is 3.36. The van der Waals surface area contributed by atoms with E-state index in [9.17, 15) is 9.18 Å². The summed E-state index contributed by atoms with van der Waals surface area (Å²) in [6, 6.07) is 8.14. The maximum absolute atomic E-state index is 14.5. The molecule has 0 bridgehead atoms. The molecule has 4 fully saturated rings. The molecule has 0 spiro atoms. The second-order valence-corrected chi connectivity index (χ2v) is 13.7. The zero-order chi connectivity index (χ0) is 30.9. The third-order valence-corrected chi connectivity index (χ3v) is 10.9. The maximum atomic E-state index is 14.5. The number of pyridine rings is 1. The van der Waals surface area contributed by atoms with Crippen LogP contribution in [0.5, 0.6) is 6.01 Å². The number of ether oxygens (including phenoxy) is 1. The van der Waals surface area contributed by atoms with Crippen molar-refractivity contribution in [3.05, 3.63) is 64.5 Å². The minimum atomic E-state index is -0.860. The van der Waals surface area contributed by atoms with Gasteiger partial charge < -0.3 is 19.4 Å². The first-order valence-electron chi connectivity index (χ1n) is 15.9. The summed E-state index contributed by atoms with van der Waals surface area (Å²) in [6.07, 6.45) is 5.10. The van der Waals surface area contributed by atoms with Crippen LogP contribution in [0.2, 0.25) is 5.02 Å². The van der Waals surface area contributed by atoms with E-state index >= 15 is 0 Å². The van der Waals surface area contributed by atoms with Crippen LogP contribution in [0.1, 0.15) is 42.7 Å². The van der Waals surface area contributed by atoms with Crippen LogP contribution < -0.4 is 9.64 Å². The molecule has 2 aliphatic carbocycles. The normalized spacial score (nSPS) is 28.5. The summed E-state index contributed by atoms with van der Waals surface area (Å²) in [4.78, 5) is 37.0. The van der Waals surface area contributed by atoms with Gasteiger partial charge in [0.1, 0.15) is 24.6 Å². The maximum Gasteiger partial charge on any atom is 0.320 e. The first kappa shape index (κ1) is 28.6. The largest absolute Gasteiger partial charge is 0.461 e. The van der Waals surface area contributed by atoms with E-state index in [0.717, 1.165) is 37.3 Å². The molecule has 1 saturated carbocycles. The number of hydrogen-bond acceptors (Lipinski definition) is 7. The third-order valence-electron chi connectivity index (χ3n) is 10.6. The molecule has 1 amide bonds. The van der Waals surface area contributed by atoms with Crippen LogP contribution in [-0.2, 0) is 11.2 Å². The van der Waals surface area contributed by atoms with Gasteiger partial charge in [-0.15, -0.1) is 0 Å². The lowest BCUT2D eigenvalue weighted by Gasteiger charge is -2.39. The van der Waals surface area contributed by atoms with Gasteiger partial charge in [0, 0.05) is 38.2 Å². The van der Waals surface area contributed by atoms with E-state index in [1.165, 1.54) is 23.6 Å². The van der Waals surface area contributed by atoms with Gasteiger partial charge in [-0.25, -0.2) is 15.9 Å². The molecule has 0 radical (unpaired) electrons. The SMILES string of the molecule is [C-]#[N+]C[C@H]1CN(c2nc(OCC34CCCN3C[C@H](F)C4)nc3nc(-c4cccc5c4C4CC4C5)c(Cl)cc23)CCN1C(=O)C=C. The van der Waals surface area contributed by atoms with E-state index in [4.69, 9.17) is 37.9 Å². The Morgan fingerprint density at radius 1 is 1.24 bits per heavy atom. The van der Waals surface area contributed by atoms with Crippen LogP contribution in [-0.4, -0.2) is 94.3 Å². The highest BCUT2D eigenvalue weighted by Gasteiger charge is 2.50. The summed E-state index contributed by atoms with van der Waals surface area (Å²) in [5, 5.41) is 1.21. The summed E-state index contributed by atoms with van der Waals surface area (Å²) in [6.45, 7) is 14.3. The predicted octanol–water partition coefficient (Wildman–Crippen LogP) is 5.08. The number of alkyl halides is 1. The van der Waals surface area contributed by atoms with Crippen LogP contribution in [0, 0.1) is 12.5 Å². The molecule has 3 aliphatic heterocycles. The molecular formula is C34H35ClFN7O2. The van der Waals surface area contributed by atoms with Gasteiger partial charge in [0.2, 0.25) is 12.5 Å². The second-order valence-electron chi connectivity index (χ2n) is 13.2. The Kier molecular flexibility index (Phi) is 6.95. The molecule has 8 rings (SSSR count). The van der Waals surface area contributed by atoms with Crippen LogP contribution in [0.3, 0.4) is 0 Å². The predicted molar refractivity (Wildman–Crippen MR) is 170 cm³/mol. The fourth-order valence-corrected chi connectivity index (χ4v) is 8.65. The number of anilines is 1. The summed E-state index contributed by atoms with van der Waals surface area (Å²) >= 11 is 7.02. The van der Waals surface area contributed by atoms with Crippen molar-refractivity contribution in [3.63, 3.8) is 0 Å². The van der Waals surface area contributed by atoms with Crippen molar-refractivity contribution >= 4 is 34.4 Å². The number of rotatable bonds is 7. The number of carbonyl (C=O) groups is 1. The van der Waals surface area contributed by atoms with Gasteiger partial charge in [0.15, 0.2) is 5.65 Å². The summed E-state index contributed by atoms with van der Waals surface area (Å²) in [7, 11) is 0. The topological polar surface area (TPSA) is 79.1 Å². The van der Waals surface area contributed by atoms with Crippen molar-refractivity contribution in [3.8, 4) is 17.3 Å². The molecule has 3 aromatic rings. The van der Waals surface area contributed by atoms with E-state index < -0.39 is 6.17 Å². The number of benzene rings is 1. The minimum Gasteiger partial charge on any atom is -0.461 e. The minimum absolute atomic E-state index is 0.162. The molecule has 3 unspecified atom stereocenters. The van der Waals surface area contributed by atoms with E-state index in [1.54, 1.807) is 4.90 Å². The number of aromatic nitrogens is 3. The number of carbonyl (C=O) groups excluding carboxylic acids is 1. The molecule has 2 aromatic heterocycles.